The SMILES string of the molecule is CNC(=O)c1ccc(NC2CCC(C)CC2)c(C)c1. The van der Waals surface area contributed by atoms with E-state index >= 15 is 0 Å². The van der Waals surface area contributed by atoms with Crippen LogP contribution >= 0.6 is 0 Å². The van der Waals surface area contributed by atoms with Crippen LogP contribution in [0.1, 0.15) is 48.5 Å². The molecule has 0 bridgehead atoms. The van der Waals surface area contributed by atoms with E-state index in [2.05, 4.69) is 24.5 Å². The van der Waals surface area contributed by atoms with Gasteiger partial charge >= 0.3 is 0 Å². The highest BCUT2D eigenvalue weighted by Gasteiger charge is 2.18. The Morgan fingerprint density at radius 1 is 1.21 bits per heavy atom. The molecule has 0 saturated heterocycles. The molecule has 0 radical (unpaired) electrons. The van der Waals surface area contributed by atoms with Crippen LogP contribution in [-0.2, 0) is 0 Å². The Kier molecular flexibility index (Phi) is 4.46. The third kappa shape index (κ3) is 3.49. The molecule has 1 saturated carbocycles. The molecule has 0 spiro atoms. The van der Waals surface area contributed by atoms with E-state index in [1.165, 1.54) is 25.7 Å². The van der Waals surface area contributed by atoms with Gasteiger partial charge in [0.05, 0.1) is 0 Å². The highest BCUT2D eigenvalue weighted by Crippen LogP contribution is 2.27. The Bertz CT molecular complexity index is 448. The Morgan fingerprint density at radius 3 is 2.47 bits per heavy atom. The van der Waals surface area contributed by atoms with Crippen LogP contribution in [0.25, 0.3) is 0 Å². The molecule has 0 aliphatic heterocycles. The van der Waals surface area contributed by atoms with Crippen molar-refractivity contribution in [2.75, 3.05) is 12.4 Å². The van der Waals surface area contributed by atoms with E-state index in [1.807, 2.05) is 18.2 Å². The van der Waals surface area contributed by atoms with Crippen LogP contribution in [0, 0.1) is 12.8 Å². The van der Waals surface area contributed by atoms with Gasteiger partial charge in [-0.2, -0.15) is 0 Å². The molecule has 3 nitrogen and oxygen atoms in total. The maximum atomic E-state index is 11.6. The number of rotatable bonds is 3. The summed E-state index contributed by atoms with van der Waals surface area (Å²) in [6, 6.07) is 6.45. The quantitative estimate of drug-likeness (QED) is 0.875. The van der Waals surface area contributed by atoms with Crippen LogP contribution in [0.15, 0.2) is 18.2 Å². The second kappa shape index (κ2) is 6.09. The van der Waals surface area contributed by atoms with Gasteiger partial charge in [0.1, 0.15) is 0 Å². The minimum atomic E-state index is -0.0267. The molecule has 19 heavy (non-hydrogen) atoms. The average molecular weight is 260 g/mol. The van der Waals surface area contributed by atoms with Crippen molar-refractivity contribution in [1.82, 2.24) is 5.32 Å². The third-order valence-corrected chi connectivity index (χ3v) is 4.09. The van der Waals surface area contributed by atoms with Crippen molar-refractivity contribution < 1.29 is 4.79 Å². The lowest BCUT2D eigenvalue weighted by atomic mass is 9.87. The number of benzene rings is 1. The molecule has 2 N–H and O–H groups in total. The number of anilines is 1. The number of hydrogen-bond acceptors (Lipinski definition) is 2. The highest BCUT2D eigenvalue weighted by molar-refractivity contribution is 5.94. The molecule has 1 aliphatic rings. The standard InChI is InChI=1S/C16H24N2O/c1-11-4-7-14(8-5-11)18-15-9-6-13(10-12(15)2)16(19)17-3/h6,9-11,14,18H,4-5,7-8H2,1-3H3,(H,17,19). The Labute approximate surface area is 115 Å². The summed E-state index contributed by atoms with van der Waals surface area (Å²) < 4.78 is 0. The zero-order chi connectivity index (χ0) is 13.8. The lowest BCUT2D eigenvalue weighted by molar-refractivity contribution is 0.0963. The summed E-state index contributed by atoms with van der Waals surface area (Å²) in [5.74, 6) is 0.843. The van der Waals surface area contributed by atoms with Gasteiger partial charge in [0.25, 0.3) is 5.91 Å². The van der Waals surface area contributed by atoms with Gasteiger partial charge in [0.15, 0.2) is 0 Å². The largest absolute Gasteiger partial charge is 0.382 e. The third-order valence-electron chi connectivity index (χ3n) is 4.09. The summed E-state index contributed by atoms with van der Waals surface area (Å²) in [6.45, 7) is 4.39. The van der Waals surface area contributed by atoms with Gasteiger partial charge in [-0.1, -0.05) is 6.92 Å². The van der Waals surface area contributed by atoms with Gasteiger partial charge in [0.2, 0.25) is 0 Å². The van der Waals surface area contributed by atoms with Gasteiger partial charge in [-0.15, -0.1) is 0 Å². The first-order valence-electron chi connectivity index (χ1n) is 7.19. The summed E-state index contributed by atoms with van der Waals surface area (Å²) in [6.07, 6.45) is 5.12. The first-order valence-corrected chi connectivity index (χ1v) is 7.19. The van der Waals surface area contributed by atoms with E-state index in [1.54, 1.807) is 7.05 Å². The van der Waals surface area contributed by atoms with Gasteiger partial charge < -0.3 is 10.6 Å². The van der Waals surface area contributed by atoms with Crippen molar-refractivity contribution >= 4 is 11.6 Å². The van der Waals surface area contributed by atoms with Crippen LogP contribution in [0.2, 0.25) is 0 Å². The molecule has 1 aliphatic carbocycles. The zero-order valence-corrected chi connectivity index (χ0v) is 12.1. The monoisotopic (exact) mass is 260 g/mol. The predicted octanol–water partition coefficient (Wildman–Crippen LogP) is 3.35. The Morgan fingerprint density at radius 2 is 1.89 bits per heavy atom. The van der Waals surface area contributed by atoms with Crippen LogP contribution in [0.5, 0.6) is 0 Å². The number of hydrogen-bond donors (Lipinski definition) is 2. The molecular weight excluding hydrogens is 236 g/mol. The Hall–Kier alpha value is -1.51. The smallest absolute Gasteiger partial charge is 0.251 e. The molecule has 104 valence electrons. The summed E-state index contributed by atoms with van der Waals surface area (Å²) in [7, 11) is 1.66. The number of nitrogens with one attached hydrogen (secondary N) is 2. The van der Waals surface area contributed by atoms with E-state index in [0.29, 0.717) is 6.04 Å². The van der Waals surface area contributed by atoms with Gasteiger partial charge in [-0.25, -0.2) is 0 Å². The van der Waals surface area contributed by atoms with Crippen molar-refractivity contribution in [2.45, 2.75) is 45.6 Å². The molecule has 0 aromatic heterocycles. The second-order valence-corrected chi connectivity index (χ2v) is 5.71. The van der Waals surface area contributed by atoms with E-state index in [0.717, 1.165) is 22.7 Å². The normalized spacial score (nSPS) is 22.9. The zero-order valence-electron chi connectivity index (χ0n) is 12.1. The summed E-state index contributed by atoms with van der Waals surface area (Å²) >= 11 is 0. The lowest BCUT2D eigenvalue weighted by Crippen LogP contribution is -2.25. The molecule has 1 amide bonds. The van der Waals surface area contributed by atoms with Crippen molar-refractivity contribution in [3.05, 3.63) is 29.3 Å². The molecule has 3 heteroatoms. The minimum Gasteiger partial charge on any atom is -0.382 e. The van der Waals surface area contributed by atoms with Crippen molar-refractivity contribution in [2.24, 2.45) is 5.92 Å². The minimum absolute atomic E-state index is 0.0267. The molecule has 0 atom stereocenters. The fourth-order valence-electron chi connectivity index (χ4n) is 2.74. The summed E-state index contributed by atoms with van der Waals surface area (Å²) in [5, 5.41) is 6.28. The molecule has 1 aromatic rings. The maximum Gasteiger partial charge on any atom is 0.251 e. The van der Waals surface area contributed by atoms with Crippen molar-refractivity contribution in [1.29, 1.82) is 0 Å². The fourth-order valence-corrected chi connectivity index (χ4v) is 2.74. The van der Waals surface area contributed by atoms with Crippen LogP contribution in [0.4, 0.5) is 5.69 Å². The van der Waals surface area contributed by atoms with E-state index in [4.69, 9.17) is 0 Å². The molecule has 1 aromatic carbocycles. The van der Waals surface area contributed by atoms with E-state index < -0.39 is 0 Å². The first kappa shape index (κ1) is 13.9. The van der Waals surface area contributed by atoms with Crippen molar-refractivity contribution in [3.8, 4) is 0 Å². The predicted molar refractivity (Wildman–Crippen MR) is 79.6 cm³/mol. The molecule has 0 unspecified atom stereocenters. The van der Waals surface area contributed by atoms with Crippen molar-refractivity contribution in [3.63, 3.8) is 0 Å². The first-order chi connectivity index (χ1) is 9.10. The number of carbonyl (C=O) groups is 1. The number of amides is 1. The average Bonchev–Trinajstić information content (AvgIpc) is 2.42. The number of carbonyl (C=O) groups excluding carboxylic acids is 1. The molecular formula is C16H24N2O. The lowest BCUT2D eigenvalue weighted by Gasteiger charge is -2.28. The maximum absolute atomic E-state index is 11.6. The van der Waals surface area contributed by atoms with Gasteiger partial charge in [-0.3, -0.25) is 4.79 Å². The van der Waals surface area contributed by atoms with Gasteiger partial charge in [-0.05, 0) is 62.3 Å². The van der Waals surface area contributed by atoms with E-state index in [-0.39, 0.29) is 5.91 Å². The van der Waals surface area contributed by atoms with Crippen LogP contribution < -0.4 is 10.6 Å². The molecule has 0 heterocycles. The summed E-state index contributed by atoms with van der Waals surface area (Å²) in [5.41, 5.74) is 3.02. The van der Waals surface area contributed by atoms with Crippen LogP contribution in [-0.4, -0.2) is 19.0 Å². The second-order valence-electron chi connectivity index (χ2n) is 5.71. The van der Waals surface area contributed by atoms with Gasteiger partial charge in [0, 0.05) is 24.3 Å². The highest BCUT2D eigenvalue weighted by atomic mass is 16.1. The van der Waals surface area contributed by atoms with E-state index in [9.17, 15) is 4.79 Å². The number of aryl methyl sites for hydroxylation is 1. The fraction of sp³-hybridized carbons (Fsp3) is 0.562. The molecule has 2 rings (SSSR count). The summed E-state index contributed by atoms with van der Waals surface area (Å²) in [4.78, 5) is 11.6. The Balaban J connectivity index is 2.03. The topological polar surface area (TPSA) is 41.1 Å². The van der Waals surface area contributed by atoms with Crippen LogP contribution in [0.3, 0.4) is 0 Å². The molecule has 1 fully saturated rings.